The molecule has 0 fully saturated rings. The number of rotatable bonds is 5. The topological polar surface area (TPSA) is 56.7 Å². The third-order valence-corrected chi connectivity index (χ3v) is 5.79. The summed E-state index contributed by atoms with van der Waals surface area (Å²) < 4.78 is 7.46. The third-order valence-electron chi connectivity index (χ3n) is 3.98. The smallest absolute Gasteiger partial charge is 0.237 e. The van der Waals surface area contributed by atoms with Crippen LogP contribution in [0.1, 0.15) is 17.0 Å². The number of thioether (sulfide) groups is 1. The Balaban J connectivity index is 1.53. The molecule has 0 amide bonds. The number of imidazole rings is 1. The molecule has 0 saturated heterocycles. The highest BCUT2D eigenvalue weighted by molar-refractivity contribution is 7.98. The Labute approximate surface area is 153 Å². The van der Waals surface area contributed by atoms with E-state index in [1.54, 1.807) is 23.1 Å². The first-order valence-electron chi connectivity index (χ1n) is 7.81. The molecule has 0 spiro atoms. The molecule has 3 heterocycles. The first-order chi connectivity index (χ1) is 12.2. The standard InChI is InChI=1S/C18H16N4OS2/c1-12-5-3-6-14(13(12)2)22-9-8-19-18(22)25-11-16-20-17(21-23-16)15-7-4-10-24-15/h3-10H,11H2,1-2H3. The van der Waals surface area contributed by atoms with Crippen LogP contribution in [0.15, 0.2) is 57.8 Å². The van der Waals surface area contributed by atoms with Crippen molar-refractivity contribution in [1.29, 1.82) is 0 Å². The maximum atomic E-state index is 5.36. The molecule has 7 heteroatoms. The van der Waals surface area contributed by atoms with Crippen LogP contribution < -0.4 is 0 Å². The average Bonchev–Trinajstić information content (AvgIpc) is 3.36. The molecule has 4 rings (SSSR count). The van der Waals surface area contributed by atoms with Crippen LogP contribution >= 0.6 is 23.1 Å². The van der Waals surface area contributed by atoms with Crippen LogP contribution in [0.2, 0.25) is 0 Å². The summed E-state index contributed by atoms with van der Waals surface area (Å²) in [6.07, 6.45) is 3.80. The minimum atomic E-state index is 0.584. The van der Waals surface area contributed by atoms with Gasteiger partial charge in [-0.05, 0) is 42.5 Å². The molecule has 126 valence electrons. The molecule has 0 N–H and O–H groups in total. The van der Waals surface area contributed by atoms with E-state index in [2.05, 4.69) is 51.7 Å². The highest BCUT2D eigenvalue weighted by Gasteiger charge is 2.13. The predicted octanol–water partition coefficient (Wildman–Crippen LogP) is 4.89. The lowest BCUT2D eigenvalue weighted by atomic mass is 10.1. The van der Waals surface area contributed by atoms with Gasteiger partial charge in [-0.3, -0.25) is 4.57 Å². The quantitative estimate of drug-likeness (QED) is 0.469. The summed E-state index contributed by atoms with van der Waals surface area (Å²) in [7, 11) is 0. The van der Waals surface area contributed by atoms with Crippen LogP contribution in [0.5, 0.6) is 0 Å². The van der Waals surface area contributed by atoms with Gasteiger partial charge in [0.25, 0.3) is 0 Å². The van der Waals surface area contributed by atoms with E-state index >= 15 is 0 Å². The Bertz CT molecular complexity index is 988. The molecule has 0 aliphatic carbocycles. The molecular weight excluding hydrogens is 352 g/mol. The summed E-state index contributed by atoms with van der Waals surface area (Å²) in [6.45, 7) is 4.25. The lowest BCUT2D eigenvalue weighted by Crippen LogP contribution is -1.99. The van der Waals surface area contributed by atoms with Crippen LogP contribution in [0.4, 0.5) is 0 Å². The molecule has 5 nitrogen and oxygen atoms in total. The largest absolute Gasteiger partial charge is 0.338 e. The zero-order valence-electron chi connectivity index (χ0n) is 13.8. The highest BCUT2D eigenvalue weighted by atomic mass is 32.2. The Morgan fingerprint density at radius 3 is 2.96 bits per heavy atom. The van der Waals surface area contributed by atoms with E-state index in [-0.39, 0.29) is 0 Å². The van der Waals surface area contributed by atoms with Crippen molar-refractivity contribution in [1.82, 2.24) is 19.7 Å². The van der Waals surface area contributed by atoms with Crippen molar-refractivity contribution < 1.29 is 4.52 Å². The molecule has 0 aliphatic heterocycles. The van der Waals surface area contributed by atoms with Crippen molar-refractivity contribution in [2.24, 2.45) is 0 Å². The normalized spacial score (nSPS) is 11.1. The van der Waals surface area contributed by atoms with Crippen LogP contribution in [0.25, 0.3) is 16.4 Å². The minimum absolute atomic E-state index is 0.584. The Hall–Kier alpha value is -2.38. The number of aryl methyl sites for hydroxylation is 1. The van der Waals surface area contributed by atoms with E-state index in [0.29, 0.717) is 17.5 Å². The molecule has 0 bridgehead atoms. The number of nitrogens with zero attached hydrogens (tertiary/aromatic N) is 4. The number of benzene rings is 1. The molecule has 0 aliphatic rings. The van der Waals surface area contributed by atoms with Crippen LogP contribution in [-0.2, 0) is 5.75 Å². The number of hydrogen-bond acceptors (Lipinski definition) is 6. The third kappa shape index (κ3) is 3.25. The molecule has 1 aromatic carbocycles. The lowest BCUT2D eigenvalue weighted by molar-refractivity contribution is 0.391. The second kappa shape index (κ2) is 6.85. The van der Waals surface area contributed by atoms with Crippen LogP contribution in [0.3, 0.4) is 0 Å². The van der Waals surface area contributed by atoms with Gasteiger partial charge in [-0.1, -0.05) is 35.1 Å². The van der Waals surface area contributed by atoms with Gasteiger partial charge < -0.3 is 4.52 Å². The van der Waals surface area contributed by atoms with Crippen molar-refractivity contribution >= 4 is 23.1 Å². The summed E-state index contributed by atoms with van der Waals surface area (Å²) in [6, 6.07) is 10.3. The molecule has 4 aromatic rings. The lowest BCUT2D eigenvalue weighted by Gasteiger charge is -2.11. The Morgan fingerprint density at radius 2 is 2.12 bits per heavy atom. The second-order valence-electron chi connectivity index (χ2n) is 5.58. The van der Waals surface area contributed by atoms with Gasteiger partial charge in [-0.2, -0.15) is 4.98 Å². The van der Waals surface area contributed by atoms with E-state index in [1.165, 1.54) is 11.1 Å². The van der Waals surface area contributed by atoms with Crippen LogP contribution in [-0.4, -0.2) is 19.7 Å². The van der Waals surface area contributed by atoms with Gasteiger partial charge >= 0.3 is 0 Å². The SMILES string of the molecule is Cc1cccc(-n2ccnc2SCc2nc(-c3cccs3)no2)c1C. The molecule has 25 heavy (non-hydrogen) atoms. The van der Waals surface area contributed by atoms with Gasteiger partial charge in [-0.25, -0.2) is 4.98 Å². The van der Waals surface area contributed by atoms with Crippen molar-refractivity contribution in [2.45, 2.75) is 24.8 Å². The van der Waals surface area contributed by atoms with Crippen molar-refractivity contribution in [2.75, 3.05) is 0 Å². The summed E-state index contributed by atoms with van der Waals surface area (Å²) in [5, 5.41) is 6.96. The molecular formula is C18H16N4OS2. The van der Waals surface area contributed by atoms with Gasteiger partial charge in [0, 0.05) is 12.4 Å². The molecule has 3 aromatic heterocycles. The summed E-state index contributed by atoms with van der Waals surface area (Å²) in [5.41, 5.74) is 3.66. The van der Waals surface area contributed by atoms with E-state index in [9.17, 15) is 0 Å². The second-order valence-corrected chi connectivity index (χ2v) is 7.47. The molecule has 0 radical (unpaired) electrons. The minimum Gasteiger partial charge on any atom is -0.338 e. The first kappa shape index (κ1) is 16.1. The van der Waals surface area contributed by atoms with Gasteiger partial charge in [0.05, 0.1) is 16.3 Å². The van der Waals surface area contributed by atoms with Gasteiger partial charge in [-0.15, -0.1) is 11.3 Å². The van der Waals surface area contributed by atoms with Crippen molar-refractivity contribution in [3.05, 3.63) is 65.1 Å². The predicted molar refractivity (Wildman–Crippen MR) is 100 cm³/mol. The zero-order valence-corrected chi connectivity index (χ0v) is 15.5. The maximum absolute atomic E-state index is 5.36. The molecule has 0 atom stereocenters. The van der Waals surface area contributed by atoms with E-state index in [4.69, 9.17) is 4.52 Å². The highest BCUT2D eigenvalue weighted by Crippen LogP contribution is 2.27. The molecule has 0 saturated carbocycles. The maximum Gasteiger partial charge on any atom is 0.237 e. The fourth-order valence-electron chi connectivity index (χ4n) is 2.52. The summed E-state index contributed by atoms with van der Waals surface area (Å²) in [4.78, 5) is 9.95. The number of aromatic nitrogens is 4. The number of hydrogen-bond donors (Lipinski definition) is 0. The van der Waals surface area contributed by atoms with Crippen LogP contribution in [0, 0.1) is 13.8 Å². The first-order valence-corrected chi connectivity index (χ1v) is 9.68. The average molecular weight is 368 g/mol. The number of thiophene rings is 1. The Kier molecular flexibility index (Phi) is 4.42. The monoisotopic (exact) mass is 368 g/mol. The molecule has 0 unspecified atom stereocenters. The zero-order chi connectivity index (χ0) is 17.2. The summed E-state index contributed by atoms with van der Waals surface area (Å²) >= 11 is 3.19. The van der Waals surface area contributed by atoms with Gasteiger partial charge in [0.15, 0.2) is 5.16 Å². The fraction of sp³-hybridized carbons (Fsp3) is 0.167. The van der Waals surface area contributed by atoms with Gasteiger partial charge in [0.2, 0.25) is 11.7 Å². The van der Waals surface area contributed by atoms with E-state index < -0.39 is 0 Å². The van der Waals surface area contributed by atoms with Crippen molar-refractivity contribution in [3.63, 3.8) is 0 Å². The van der Waals surface area contributed by atoms with Gasteiger partial charge in [0.1, 0.15) is 0 Å². The fourth-order valence-corrected chi connectivity index (χ4v) is 3.97. The summed E-state index contributed by atoms with van der Waals surface area (Å²) in [5.74, 6) is 1.83. The van der Waals surface area contributed by atoms with E-state index in [1.807, 2.05) is 29.9 Å². The van der Waals surface area contributed by atoms with E-state index in [0.717, 1.165) is 15.7 Å². The van der Waals surface area contributed by atoms with Crippen molar-refractivity contribution in [3.8, 4) is 16.4 Å². The Morgan fingerprint density at radius 1 is 1.20 bits per heavy atom.